The van der Waals surface area contributed by atoms with Gasteiger partial charge in [-0.05, 0) is 49.2 Å². The van der Waals surface area contributed by atoms with Gasteiger partial charge in [-0.2, -0.15) is 0 Å². The first-order valence-electron chi connectivity index (χ1n) is 14.1. The van der Waals surface area contributed by atoms with Crippen LogP contribution in [0.25, 0.3) is 0 Å². The number of nitrogens with zero attached hydrogens (tertiary/aromatic N) is 2. The Morgan fingerprint density at radius 3 is 2.00 bits per heavy atom. The first kappa shape index (κ1) is 31.3. The highest BCUT2D eigenvalue weighted by Crippen LogP contribution is 2.32. The first-order chi connectivity index (χ1) is 20.7. The van der Waals surface area contributed by atoms with Crippen molar-refractivity contribution in [1.29, 1.82) is 0 Å². The molecule has 0 fully saturated rings. The van der Waals surface area contributed by atoms with Crippen molar-refractivity contribution in [2.24, 2.45) is 0 Å². The van der Waals surface area contributed by atoms with Crippen LogP contribution in [0.4, 0.5) is 5.69 Å². The number of amides is 2. The van der Waals surface area contributed by atoms with E-state index in [9.17, 15) is 18.0 Å². The summed E-state index contributed by atoms with van der Waals surface area (Å²) in [6.07, 6.45) is 0.255. The summed E-state index contributed by atoms with van der Waals surface area (Å²) in [5, 5.41) is 2.87. The molecular formula is C34H37N3O5S. The van der Waals surface area contributed by atoms with E-state index < -0.39 is 28.5 Å². The third-order valence-corrected chi connectivity index (χ3v) is 8.83. The summed E-state index contributed by atoms with van der Waals surface area (Å²) in [6, 6.07) is 31.0. The highest BCUT2D eigenvalue weighted by molar-refractivity contribution is 7.92. The van der Waals surface area contributed by atoms with Crippen LogP contribution in [0.2, 0.25) is 0 Å². The lowest BCUT2D eigenvalue weighted by atomic mass is 10.0. The van der Waals surface area contributed by atoms with Gasteiger partial charge in [-0.3, -0.25) is 13.9 Å². The van der Waals surface area contributed by atoms with E-state index in [4.69, 9.17) is 4.74 Å². The van der Waals surface area contributed by atoms with Crippen LogP contribution in [-0.2, 0) is 32.6 Å². The lowest BCUT2D eigenvalue weighted by Gasteiger charge is -2.34. The molecule has 0 aliphatic heterocycles. The third kappa shape index (κ3) is 7.81. The van der Waals surface area contributed by atoms with Crippen molar-refractivity contribution in [3.63, 3.8) is 0 Å². The van der Waals surface area contributed by atoms with Crippen molar-refractivity contribution < 1.29 is 22.7 Å². The van der Waals surface area contributed by atoms with E-state index in [1.54, 1.807) is 36.4 Å². The zero-order chi connectivity index (χ0) is 30.8. The molecule has 2 amide bonds. The smallest absolute Gasteiger partial charge is 0.264 e. The van der Waals surface area contributed by atoms with Crippen LogP contribution in [0, 0.1) is 6.92 Å². The zero-order valence-corrected chi connectivity index (χ0v) is 25.5. The summed E-state index contributed by atoms with van der Waals surface area (Å²) in [6.45, 7) is 3.63. The second-order valence-electron chi connectivity index (χ2n) is 10.1. The molecule has 0 aliphatic carbocycles. The van der Waals surface area contributed by atoms with Crippen molar-refractivity contribution in [1.82, 2.24) is 10.2 Å². The number of methoxy groups -OCH3 is 1. The van der Waals surface area contributed by atoms with Gasteiger partial charge in [-0.15, -0.1) is 0 Å². The van der Waals surface area contributed by atoms with Gasteiger partial charge in [-0.25, -0.2) is 8.42 Å². The van der Waals surface area contributed by atoms with E-state index in [0.717, 1.165) is 21.0 Å². The van der Waals surface area contributed by atoms with Gasteiger partial charge in [0.25, 0.3) is 10.0 Å². The minimum Gasteiger partial charge on any atom is -0.495 e. The van der Waals surface area contributed by atoms with Crippen LogP contribution in [0.3, 0.4) is 0 Å². The number of hydrogen-bond acceptors (Lipinski definition) is 5. The van der Waals surface area contributed by atoms with Crippen molar-refractivity contribution in [3.8, 4) is 5.75 Å². The number of carbonyl (C=O) groups is 2. The summed E-state index contributed by atoms with van der Waals surface area (Å²) >= 11 is 0. The van der Waals surface area contributed by atoms with Crippen LogP contribution in [0.1, 0.15) is 23.6 Å². The first-order valence-corrected chi connectivity index (χ1v) is 15.6. The molecule has 1 atom stereocenters. The Morgan fingerprint density at radius 2 is 1.40 bits per heavy atom. The van der Waals surface area contributed by atoms with E-state index in [1.807, 2.05) is 74.5 Å². The lowest BCUT2D eigenvalue weighted by molar-refractivity contribution is -0.140. The fourth-order valence-corrected chi connectivity index (χ4v) is 6.24. The quantitative estimate of drug-likeness (QED) is 0.234. The fourth-order valence-electron chi connectivity index (χ4n) is 4.81. The number of para-hydroxylation sites is 2. The van der Waals surface area contributed by atoms with Crippen molar-refractivity contribution in [2.75, 3.05) is 24.5 Å². The average Bonchev–Trinajstić information content (AvgIpc) is 3.02. The fraction of sp³-hybridized carbons (Fsp3) is 0.235. The average molecular weight is 600 g/mol. The highest BCUT2D eigenvalue weighted by atomic mass is 32.2. The summed E-state index contributed by atoms with van der Waals surface area (Å²) in [5.41, 5.74) is 2.80. The number of anilines is 1. The van der Waals surface area contributed by atoms with E-state index in [0.29, 0.717) is 12.3 Å². The Morgan fingerprint density at radius 1 is 0.814 bits per heavy atom. The van der Waals surface area contributed by atoms with E-state index in [-0.39, 0.29) is 29.5 Å². The van der Waals surface area contributed by atoms with Gasteiger partial charge in [0.05, 0.1) is 17.7 Å². The summed E-state index contributed by atoms with van der Waals surface area (Å²) < 4.78 is 34.9. The molecular weight excluding hydrogens is 562 g/mol. The number of benzene rings is 4. The van der Waals surface area contributed by atoms with Crippen LogP contribution < -0.4 is 14.4 Å². The maximum absolute atomic E-state index is 14.4. The van der Waals surface area contributed by atoms with Crippen molar-refractivity contribution in [2.45, 2.75) is 37.8 Å². The molecule has 0 spiro atoms. The normalized spacial score (nSPS) is 11.8. The van der Waals surface area contributed by atoms with E-state index >= 15 is 0 Å². The molecule has 4 aromatic rings. The van der Waals surface area contributed by atoms with Gasteiger partial charge < -0.3 is 15.0 Å². The minimum absolute atomic E-state index is 0.0379. The molecule has 0 aromatic heterocycles. The number of hydrogen-bond donors (Lipinski definition) is 1. The molecule has 43 heavy (non-hydrogen) atoms. The molecule has 0 saturated heterocycles. The minimum atomic E-state index is -4.21. The number of carbonyl (C=O) groups excluding carboxylic acids is 2. The van der Waals surface area contributed by atoms with Gasteiger partial charge >= 0.3 is 0 Å². The molecule has 0 unspecified atom stereocenters. The Kier molecular flexibility index (Phi) is 10.6. The number of rotatable bonds is 13. The molecule has 0 heterocycles. The Hall–Kier alpha value is -4.63. The van der Waals surface area contributed by atoms with Crippen LogP contribution in [0.5, 0.6) is 5.75 Å². The molecule has 0 aliphatic rings. The number of ether oxygens (including phenoxy) is 1. The Balaban J connectivity index is 1.81. The second-order valence-corrected chi connectivity index (χ2v) is 12.0. The van der Waals surface area contributed by atoms with Crippen molar-refractivity contribution >= 4 is 27.5 Å². The maximum Gasteiger partial charge on any atom is 0.264 e. The zero-order valence-electron chi connectivity index (χ0n) is 24.6. The predicted octanol–water partition coefficient (Wildman–Crippen LogP) is 4.98. The van der Waals surface area contributed by atoms with Gasteiger partial charge in [0, 0.05) is 19.5 Å². The predicted molar refractivity (Wildman–Crippen MR) is 168 cm³/mol. The van der Waals surface area contributed by atoms with Crippen molar-refractivity contribution in [3.05, 3.63) is 126 Å². The van der Waals surface area contributed by atoms with E-state index in [2.05, 4.69) is 5.32 Å². The number of likely N-dealkylation sites (N-methyl/N-ethyl adjacent to an activating group) is 1. The topological polar surface area (TPSA) is 96.0 Å². The second kappa shape index (κ2) is 14.5. The van der Waals surface area contributed by atoms with E-state index in [1.165, 1.54) is 24.1 Å². The molecule has 4 aromatic carbocycles. The van der Waals surface area contributed by atoms with Gasteiger partial charge in [0.15, 0.2) is 0 Å². The summed E-state index contributed by atoms with van der Waals surface area (Å²) in [4.78, 5) is 29.4. The van der Waals surface area contributed by atoms with Crippen LogP contribution >= 0.6 is 0 Å². The molecule has 0 bridgehead atoms. The summed E-state index contributed by atoms with van der Waals surface area (Å²) in [5.74, 6) is -0.552. The molecule has 9 heteroatoms. The maximum atomic E-state index is 14.4. The Labute approximate surface area is 254 Å². The SMILES string of the molecule is CCNC(=O)[C@@H](Cc1ccccc1)N(Cc1ccccc1)C(=O)CN(c1ccccc1OC)S(=O)(=O)c1ccc(C)cc1. The third-order valence-electron chi connectivity index (χ3n) is 7.06. The van der Waals surface area contributed by atoms with Gasteiger partial charge in [0.2, 0.25) is 11.8 Å². The Bertz CT molecular complexity index is 1610. The monoisotopic (exact) mass is 599 g/mol. The molecule has 0 radical (unpaired) electrons. The number of sulfonamides is 1. The van der Waals surface area contributed by atoms with Gasteiger partial charge in [0.1, 0.15) is 18.3 Å². The lowest BCUT2D eigenvalue weighted by Crippen LogP contribution is -2.53. The molecule has 4 rings (SSSR count). The highest BCUT2D eigenvalue weighted by Gasteiger charge is 2.35. The van der Waals surface area contributed by atoms with Crippen LogP contribution in [0.15, 0.2) is 114 Å². The standard InChI is InChI=1S/C34H37N3O5S/c1-4-35-34(39)31(23-27-13-7-5-8-14-27)36(24-28-15-9-6-10-16-28)33(38)25-37(30-17-11-12-18-32(30)42-3)43(40,41)29-21-19-26(2)20-22-29/h5-22,31H,4,23-25H2,1-3H3,(H,35,39)/t31-/m1/s1. The molecule has 0 saturated carbocycles. The number of nitrogens with one attached hydrogen (secondary N) is 1. The molecule has 1 N–H and O–H groups in total. The summed E-state index contributed by atoms with van der Waals surface area (Å²) in [7, 11) is -2.77. The van der Waals surface area contributed by atoms with Gasteiger partial charge in [-0.1, -0.05) is 90.5 Å². The molecule has 224 valence electrons. The number of aryl methyl sites for hydroxylation is 1. The van der Waals surface area contributed by atoms with Crippen LogP contribution in [-0.4, -0.2) is 51.4 Å². The largest absolute Gasteiger partial charge is 0.495 e. The molecule has 8 nitrogen and oxygen atoms in total.